The highest BCUT2D eigenvalue weighted by Crippen LogP contribution is 2.24. The zero-order valence-corrected chi connectivity index (χ0v) is 8.75. The lowest BCUT2D eigenvalue weighted by Crippen LogP contribution is -2.05. The quantitative estimate of drug-likeness (QED) is 0.776. The second-order valence-corrected chi connectivity index (χ2v) is 2.95. The molecule has 0 saturated heterocycles. The van der Waals surface area contributed by atoms with E-state index in [1.54, 1.807) is 7.11 Å². The molecule has 0 fully saturated rings. The fraction of sp³-hybridized carbons (Fsp3) is 0.455. The topological polar surface area (TPSA) is 44.5 Å². The maximum absolute atomic E-state index is 5.52. The van der Waals surface area contributed by atoms with Crippen molar-refractivity contribution in [3.05, 3.63) is 23.8 Å². The molecule has 0 radical (unpaired) electrons. The van der Waals surface area contributed by atoms with Gasteiger partial charge in [-0.05, 0) is 43.7 Å². The van der Waals surface area contributed by atoms with Gasteiger partial charge in [0.25, 0.3) is 0 Å². The lowest BCUT2D eigenvalue weighted by atomic mass is 10.1. The predicted molar refractivity (Wildman–Crippen MR) is 56.9 cm³/mol. The molecule has 1 aromatic rings. The number of hydrogen-bond acceptors (Lipinski definition) is 3. The minimum atomic E-state index is 0.618. The highest BCUT2D eigenvalue weighted by Gasteiger charge is 2.04. The first-order valence-corrected chi connectivity index (χ1v) is 4.81. The van der Waals surface area contributed by atoms with Gasteiger partial charge in [0.2, 0.25) is 0 Å². The molecular formula is C11H17NO2. The Balaban J connectivity index is 2.91. The molecule has 0 saturated carbocycles. The van der Waals surface area contributed by atoms with E-state index in [0.717, 1.165) is 23.5 Å². The van der Waals surface area contributed by atoms with Gasteiger partial charge in [-0.15, -0.1) is 0 Å². The molecule has 3 heteroatoms. The van der Waals surface area contributed by atoms with E-state index in [2.05, 4.69) is 0 Å². The Kier molecular flexibility index (Phi) is 4.26. The summed E-state index contributed by atoms with van der Waals surface area (Å²) in [4.78, 5) is 0. The van der Waals surface area contributed by atoms with Crippen LogP contribution in [0.1, 0.15) is 12.5 Å². The summed E-state index contributed by atoms with van der Waals surface area (Å²) in [6, 6.07) is 5.79. The molecule has 0 aliphatic rings. The summed E-state index contributed by atoms with van der Waals surface area (Å²) in [6.07, 6.45) is 0.812. The number of hydrogen-bond donors (Lipinski definition) is 1. The van der Waals surface area contributed by atoms with Crippen molar-refractivity contribution < 1.29 is 9.47 Å². The number of nitrogens with two attached hydrogens (primary N) is 1. The van der Waals surface area contributed by atoms with Crippen molar-refractivity contribution in [2.75, 3.05) is 20.3 Å². The second kappa shape index (κ2) is 5.50. The zero-order valence-electron chi connectivity index (χ0n) is 8.75. The van der Waals surface area contributed by atoms with Crippen LogP contribution in [-0.2, 0) is 6.42 Å². The number of ether oxygens (including phenoxy) is 2. The second-order valence-electron chi connectivity index (χ2n) is 2.95. The van der Waals surface area contributed by atoms with Gasteiger partial charge in [-0.25, -0.2) is 0 Å². The van der Waals surface area contributed by atoms with Crippen LogP contribution in [0.25, 0.3) is 0 Å². The lowest BCUT2D eigenvalue weighted by Gasteiger charge is -2.10. The van der Waals surface area contributed by atoms with E-state index in [0.29, 0.717) is 13.2 Å². The molecule has 0 aromatic heterocycles. The Morgan fingerprint density at radius 3 is 2.71 bits per heavy atom. The lowest BCUT2D eigenvalue weighted by molar-refractivity contribution is 0.335. The van der Waals surface area contributed by atoms with E-state index in [1.165, 1.54) is 0 Å². The molecule has 0 amide bonds. The molecule has 0 aliphatic carbocycles. The molecular weight excluding hydrogens is 178 g/mol. The van der Waals surface area contributed by atoms with Gasteiger partial charge in [-0.2, -0.15) is 0 Å². The van der Waals surface area contributed by atoms with Crippen LogP contribution in [0.3, 0.4) is 0 Å². The maximum atomic E-state index is 5.52. The molecule has 0 unspecified atom stereocenters. The van der Waals surface area contributed by atoms with Gasteiger partial charge in [-0.3, -0.25) is 0 Å². The van der Waals surface area contributed by atoms with Crippen molar-refractivity contribution in [1.29, 1.82) is 0 Å². The fourth-order valence-electron chi connectivity index (χ4n) is 1.33. The number of benzene rings is 1. The highest BCUT2D eigenvalue weighted by molar-refractivity contribution is 5.40. The van der Waals surface area contributed by atoms with Crippen LogP contribution in [0, 0.1) is 0 Å². The number of methoxy groups -OCH3 is 1. The third-order valence-corrected chi connectivity index (χ3v) is 1.98. The molecule has 1 aromatic carbocycles. The summed E-state index contributed by atoms with van der Waals surface area (Å²) in [5.41, 5.74) is 6.63. The monoisotopic (exact) mass is 195 g/mol. The summed E-state index contributed by atoms with van der Waals surface area (Å²) in [7, 11) is 1.65. The van der Waals surface area contributed by atoms with Crippen molar-refractivity contribution in [3.8, 4) is 11.5 Å². The molecule has 0 heterocycles. The Morgan fingerprint density at radius 2 is 2.14 bits per heavy atom. The normalized spacial score (nSPS) is 9.93. The molecule has 0 bridgehead atoms. The van der Waals surface area contributed by atoms with Crippen LogP contribution in [0.2, 0.25) is 0 Å². The molecule has 2 N–H and O–H groups in total. The van der Waals surface area contributed by atoms with E-state index in [9.17, 15) is 0 Å². The van der Waals surface area contributed by atoms with E-state index >= 15 is 0 Å². The summed E-state index contributed by atoms with van der Waals surface area (Å²) in [5, 5.41) is 0. The van der Waals surface area contributed by atoms with Gasteiger partial charge in [0.05, 0.1) is 13.7 Å². The third kappa shape index (κ3) is 2.64. The van der Waals surface area contributed by atoms with Crippen LogP contribution < -0.4 is 15.2 Å². The maximum Gasteiger partial charge on any atom is 0.122 e. The Morgan fingerprint density at radius 1 is 1.36 bits per heavy atom. The zero-order chi connectivity index (χ0) is 10.4. The smallest absolute Gasteiger partial charge is 0.122 e. The van der Waals surface area contributed by atoms with Gasteiger partial charge in [0.15, 0.2) is 0 Å². The van der Waals surface area contributed by atoms with Crippen molar-refractivity contribution in [3.63, 3.8) is 0 Å². The molecule has 1 rings (SSSR count). The number of rotatable bonds is 5. The average molecular weight is 195 g/mol. The molecule has 0 spiro atoms. The van der Waals surface area contributed by atoms with Gasteiger partial charge < -0.3 is 15.2 Å². The van der Waals surface area contributed by atoms with Gasteiger partial charge in [-0.1, -0.05) is 0 Å². The fourth-order valence-corrected chi connectivity index (χ4v) is 1.33. The summed E-state index contributed by atoms with van der Waals surface area (Å²) >= 11 is 0. The van der Waals surface area contributed by atoms with Gasteiger partial charge >= 0.3 is 0 Å². The van der Waals surface area contributed by atoms with Gasteiger partial charge in [0.1, 0.15) is 11.5 Å². The summed E-state index contributed by atoms with van der Waals surface area (Å²) in [5.74, 6) is 1.75. The molecule has 78 valence electrons. The average Bonchev–Trinajstić information content (AvgIpc) is 2.21. The highest BCUT2D eigenvalue weighted by atomic mass is 16.5. The van der Waals surface area contributed by atoms with Crippen molar-refractivity contribution in [2.45, 2.75) is 13.3 Å². The third-order valence-electron chi connectivity index (χ3n) is 1.98. The van der Waals surface area contributed by atoms with E-state index in [4.69, 9.17) is 15.2 Å². The minimum Gasteiger partial charge on any atom is -0.497 e. The standard InChI is InChI=1S/C11H17NO2/c1-3-14-11-5-4-10(13-2)8-9(11)6-7-12/h4-5,8H,3,6-7,12H2,1-2H3. The van der Waals surface area contributed by atoms with Crippen molar-refractivity contribution in [1.82, 2.24) is 0 Å². The molecule has 14 heavy (non-hydrogen) atoms. The van der Waals surface area contributed by atoms with Crippen LogP contribution in [0.15, 0.2) is 18.2 Å². The summed E-state index contributed by atoms with van der Waals surface area (Å²) < 4.78 is 10.6. The predicted octanol–water partition coefficient (Wildman–Crippen LogP) is 1.60. The molecule has 0 aliphatic heterocycles. The van der Waals surface area contributed by atoms with Crippen molar-refractivity contribution >= 4 is 0 Å². The van der Waals surface area contributed by atoms with Gasteiger partial charge in [0, 0.05) is 0 Å². The molecule has 3 nitrogen and oxygen atoms in total. The first-order chi connectivity index (χ1) is 6.81. The van der Waals surface area contributed by atoms with Crippen LogP contribution >= 0.6 is 0 Å². The summed E-state index contributed by atoms with van der Waals surface area (Å²) in [6.45, 7) is 3.26. The van der Waals surface area contributed by atoms with Crippen molar-refractivity contribution in [2.24, 2.45) is 5.73 Å². The van der Waals surface area contributed by atoms with Crippen LogP contribution in [0.4, 0.5) is 0 Å². The van der Waals surface area contributed by atoms with E-state index in [-0.39, 0.29) is 0 Å². The Bertz CT molecular complexity index is 287. The first kappa shape index (κ1) is 10.9. The largest absolute Gasteiger partial charge is 0.497 e. The van der Waals surface area contributed by atoms with E-state index < -0.39 is 0 Å². The van der Waals surface area contributed by atoms with Crippen LogP contribution in [-0.4, -0.2) is 20.3 Å². The Labute approximate surface area is 84.8 Å². The van der Waals surface area contributed by atoms with E-state index in [1.807, 2.05) is 25.1 Å². The first-order valence-electron chi connectivity index (χ1n) is 4.81. The Hall–Kier alpha value is -1.22. The SMILES string of the molecule is CCOc1ccc(OC)cc1CCN. The molecule has 0 atom stereocenters. The van der Waals surface area contributed by atoms with Crippen LogP contribution in [0.5, 0.6) is 11.5 Å². The minimum absolute atomic E-state index is 0.618.